The topological polar surface area (TPSA) is 24.9 Å². The lowest BCUT2D eigenvalue weighted by atomic mass is 9.83. The molecule has 0 aliphatic heterocycles. The fraction of sp³-hybridized carbons (Fsp3) is 0.688. The van der Waals surface area contributed by atoms with Crippen LogP contribution in [0.4, 0.5) is 0 Å². The first kappa shape index (κ1) is 13.5. The Morgan fingerprint density at radius 1 is 1.33 bits per heavy atom. The first-order chi connectivity index (χ1) is 8.81. The van der Waals surface area contributed by atoms with E-state index in [0.717, 1.165) is 12.5 Å². The van der Waals surface area contributed by atoms with Crippen LogP contribution in [0.15, 0.2) is 18.5 Å². The number of nitrogens with one attached hydrogen (secondary N) is 1. The van der Waals surface area contributed by atoms with Gasteiger partial charge in [0.25, 0.3) is 0 Å². The van der Waals surface area contributed by atoms with Gasteiger partial charge in [0, 0.05) is 18.4 Å². The van der Waals surface area contributed by atoms with E-state index in [2.05, 4.69) is 30.2 Å². The molecule has 1 aromatic heterocycles. The van der Waals surface area contributed by atoms with Crippen molar-refractivity contribution in [3.8, 4) is 0 Å². The molecule has 2 rings (SSSR count). The zero-order valence-corrected chi connectivity index (χ0v) is 11.8. The molecule has 0 amide bonds. The summed E-state index contributed by atoms with van der Waals surface area (Å²) in [6.07, 6.45) is 12.3. The Morgan fingerprint density at radius 2 is 2.11 bits per heavy atom. The molecule has 100 valence electrons. The van der Waals surface area contributed by atoms with Crippen molar-refractivity contribution in [1.29, 1.82) is 0 Å². The van der Waals surface area contributed by atoms with Gasteiger partial charge >= 0.3 is 0 Å². The standard InChI is InChI=1S/C16H26N2/c1-3-18-16(11-14-7-5-4-6-8-14)15-9-10-17-12-13(15)2/h9-10,12,14,16,18H,3-8,11H2,1-2H3. The number of hydrogen-bond acceptors (Lipinski definition) is 2. The van der Waals surface area contributed by atoms with E-state index in [1.807, 2.05) is 12.4 Å². The summed E-state index contributed by atoms with van der Waals surface area (Å²) in [7, 11) is 0. The van der Waals surface area contributed by atoms with Crippen LogP contribution in [0, 0.1) is 12.8 Å². The number of nitrogens with zero attached hydrogens (tertiary/aromatic N) is 1. The fourth-order valence-electron chi connectivity index (χ4n) is 3.20. The third-order valence-electron chi connectivity index (χ3n) is 4.18. The summed E-state index contributed by atoms with van der Waals surface area (Å²) in [4.78, 5) is 4.21. The minimum Gasteiger partial charge on any atom is -0.310 e. The number of pyridine rings is 1. The van der Waals surface area contributed by atoms with Crippen molar-refractivity contribution in [2.45, 2.75) is 58.4 Å². The van der Waals surface area contributed by atoms with Crippen molar-refractivity contribution in [1.82, 2.24) is 10.3 Å². The molecule has 1 fully saturated rings. The second kappa shape index (κ2) is 6.89. The Bertz CT molecular complexity index is 356. The quantitative estimate of drug-likeness (QED) is 0.849. The molecule has 1 unspecified atom stereocenters. The van der Waals surface area contributed by atoms with Crippen molar-refractivity contribution < 1.29 is 0 Å². The predicted octanol–water partition coefficient (Wildman–Crippen LogP) is 4.01. The molecule has 2 nitrogen and oxygen atoms in total. The van der Waals surface area contributed by atoms with Crippen LogP contribution in [0.2, 0.25) is 0 Å². The summed E-state index contributed by atoms with van der Waals surface area (Å²) in [5.74, 6) is 0.912. The predicted molar refractivity (Wildman–Crippen MR) is 76.6 cm³/mol. The maximum absolute atomic E-state index is 4.21. The summed E-state index contributed by atoms with van der Waals surface area (Å²) in [5, 5.41) is 3.66. The molecule has 1 atom stereocenters. The monoisotopic (exact) mass is 246 g/mol. The van der Waals surface area contributed by atoms with E-state index in [0.29, 0.717) is 6.04 Å². The van der Waals surface area contributed by atoms with Gasteiger partial charge in [0.05, 0.1) is 0 Å². The second-order valence-electron chi connectivity index (χ2n) is 5.58. The van der Waals surface area contributed by atoms with Crippen LogP contribution in [-0.4, -0.2) is 11.5 Å². The van der Waals surface area contributed by atoms with Gasteiger partial charge in [-0.3, -0.25) is 4.98 Å². The molecule has 1 aromatic rings. The second-order valence-corrected chi connectivity index (χ2v) is 5.58. The molecule has 1 N–H and O–H groups in total. The van der Waals surface area contributed by atoms with E-state index in [4.69, 9.17) is 0 Å². The lowest BCUT2D eigenvalue weighted by Crippen LogP contribution is -2.25. The van der Waals surface area contributed by atoms with Gasteiger partial charge in [-0.2, -0.15) is 0 Å². The lowest BCUT2D eigenvalue weighted by molar-refractivity contribution is 0.301. The van der Waals surface area contributed by atoms with Crippen LogP contribution in [0.25, 0.3) is 0 Å². The van der Waals surface area contributed by atoms with E-state index in [9.17, 15) is 0 Å². The summed E-state index contributed by atoms with van der Waals surface area (Å²) in [6, 6.07) is 2.70. The first-order valence-corrected chi connectivity index (χ1v) is 7.45. The van der Waals surface area contributed by atoms with Gasteiger partial charge in [0.1, 0.15) is 0 Å². The summed E-state index contributed by atoms with van der Waals surface area (Å²) in [5.41, 5.74) is 2.76. The Hall–Kier alpha value is -0.890. The normalized spacial score (nSPS) is 18.8. The molecule has 0 aromatic carbocycles. The Balaban J connectivity index is 2.05. The van der Waals surface area contributed by atoms with Crippen molar-refractivity contribution in [2.24, 2.45) is 5.92 Å². The van der Waals surface area contributed by atoms with Gasteiger partial charge in [0.2, 0.25) is 0 Å². The molecule has 1 saturated carbocycles. The highest BCUT2D eigenvalue weighted by Gasteiger charge is 2.20. The molecule has 1 aliphatic rings. The third kappa shape index (κ3) is 3.55. The third-order valence-corrected chi connectivity index (χ3v) is 4.18. The minimum atomic E-state index is 0.515. The maximum atomic E-state index is 4.21. The lowest BCUT2D eigenvalue weighted by Gasteiger charge is -2.28. The number of aromatic nitrogens is 1. The van der Waals surface area contributed by atoms with E-state index in [1.54, 1.807) is 0 Å². The molecule has 0 bridgehead atoms. The van der Waals surface area contributed by atoms with Crippen LogP contribution < -0.4 is 5.32 Å². The maximum Gasteiger partial charge on any atom is 0.0326 e. The highest BCUT2D eigenvalue weighted by atomic mass is 14.9. The minimum absolute atomic E-state index is 0.515. The Morgan fingerprint density at radius 3 is 2.78 bits per heavy atom. The van der Waals surface area contributed by atoms with Crippen LogP contribution in [0.5, 0.6) is 0 Å². The van der Waals surface area contributed by atoms with Crippen molar-refractivity contribution in [3.05, 3.63) is 29.6 Å². The summed E-state index contributed by atoms with van der Waals surface area (Å²) >= 11 is 0. The molecule has 0 radical (unpaired) electrons. The Kier molecular flexibility index (Phi) is 5.18. The molecule has 18 heavy (non-hydrogen) atoms. The fourth-order valence-corrected chi connectivity index (χ4v) is 3.20. The zero-order valence-electron chi connectivity index (χ0n) is 11.8. The molecule has 2 heteroatoms. The van der Waals surface area contributed by atoms with Crippen molar-refractivity contribution in [2.75, 3.05) is 6.54 Å². The van der Waals surface area contributed by atoms with Gasteiger partial charge in [0.15, 0.2) is 0 Å². The molecular weight excluding hydrogens is 220 g/mol. The SMILES string of the molecule is CCNC(CC1CCCCC1)c1ccncc1C. The van der Waals surface area contributed by atoms with Gasteiger partial charge in [-0.05, 0) is 43.0 Å². The Labute approximate surface area is 111 Å². The summed E-state index contributed by atoms with van der Waals surface area (Å²) in [6.45, 7) is 5.41. The average molecular weight is 246 g/mol. The molecule has 1 heterocycles. The highest BCUT2D eigenvalue weighted by Crippen LogP contribution is 2.32. The number of rotatable bonds is 5. The van der Waals surface area contributed by atoms with E-state index < -0.39 is 0 Å². The number of hydrogen-bond donors (Lipinski definition) is 1. The highest BCUT2D eigenvalue weighted by molar-refractivity contribution is 5.25. The molecule has 0 spiro atoms. The van der Waals surface area contributed by atoms with Crippen molar-refractivity contribution in [3.63, 3.8) is 0 Å². The smallest absolute Gasteiger partial charge is 0.0326 e. The molecule has 1 aliphatic carbocycles. The van der Waals surface area contributed by atoms with Crippen LogP contribution >= 0.6 is 0 Å². The van der Waals surface area contributed by atoms with E-state index in [1.165, 1.54) is 49.7 Å². The average Bonchev–Trinajstić information content (AvgIpc) is 2.40. The zero-order chi connectivity index (χ0) is 12.8. The van der Waals surface area contributed by atoms with Crippen LogP contribution in [0.1, 0.15) is 62.6 Å². The van der Waals surface area contributed by atoms with E-state index >= 15 is 0 Å². The van der Waals surface area contributed by atoms with Crippen LogP contribution in [-0.2, 0) is 0 Å². The van der Waals surface area contributed by atoms with Gasteiger partial charge < -0.3 is 5.32 Å². The van der Waals surface area contributed by atoms with Gasteiger partial charge in [-0.25, -0.2) is 0 Å². The summed E-state index contributed by atoms with van der Waals surface area (Å²) < 4.78 is 0. The molecular formula is C16H26N2. The largest absolute Gasteiger partial charge is 0.310 e. The molecule has 0 saturated heterocycles. The van der Waals surface area contributed by atoms with Gasteiger partial charge in [-0.1, -0.05) is 39.0 Å². The first-order valence-electron chi connectivity index (χ1n) is 7.45. The van der Waals surface area contributed by atoms with Gasteiger partial charge in [-0.15, -0.1) is 0 Å². The number of aryl methyl sites for hydroxylation is 1. The van der Waals surface area contributed by atoms with E-state index in [-0.39, 0.29) is 0 Å². The van der Waals surface area contributed by atoms with Crippen LogP contribution in [0.3, 0.4) is 0 Å². The van der Waals surface area contributed by atoms with Crippen molar-refractivity contribution >= 4 is 0 Å².